The number of rotatable bonds is 6. The third-order valence-corrected chi connectivity index (χ3v) is 6.85. The van der Waals surface area contributed by atoms with Gasteiger partial charge in [0, 0.05) is 30.1 Å². The van der Waals surface area contributed by atoms with Crippen LogP contribution in [0.15, 0.2) is 48.5 Å². The predicted molar refractivity (Wildman–Crippen MR) is 128 cm³/mol. The van der Waals surface area contributed by atoms with Crippen molar-refractivity contribution in [2.45, 2.75) is 40.3 Å². The van der Waals surface area contributed by atoms with Crippen LogP contribution in [0.25, 0.3) is 0 Å². The zero-order valence-corrected chi connectivity index (χ0v) is 19.6. The first-order valence-electron chi connectivity index (χ1n) is 10.9. The fourth-order valence-corrected chi connectivity index (χ4v) is 5.45. The van der Waals surface area contributed by atoms with Crippen molar-refractivity contribution in [3.8, 4) is 0 Å². The van der Waals surface area contributed by atoms with E-state index in [1.807, 2.05) is 38.1 Å². The Morgan fingerprint density at radius 1 is 1.12 bits per heavy atom. The molecule has 0 fully saturated rings. The topological polar surface area (TPSA) is 58.6 Å². The number of anilines is 1. The normalized spacial score (nSPS) is 13.5. The van der Waals surface area contributed by atoms with Crippen molar-refractivity contribution in [3.63, 3.8) is 0 Å². The van der Waals surface area contributed by atoms with Crippen molar-refractivity contribution >= 4 is 28.2 Å². The van der Waals surface area contributed by atoms with E-state index in [9.17, 15) is 9.59 Å². The second kappa shape index (κ2) is 9.67. The van der Waals surface area contributed by atoms with E-state index in [0.717, 1.165) is 47.6 Å². The third kappa shape index (κ3) is 4.76. The third-order valence-electron chi connectivity index (χ3n) is 5.72. The van der Waals surface area contributed by atoms with E-state index in [4.69, 9.17) is 4.74 Å². The molecule has 0 spiro atoms. The molecule has 5 nitrogen and oxygen atoms in total. The molecule has 0 atom stereocenters. The Labute approximate surface area is 193 Å². The Balaban J connectivity index is 1.61. The summed E-state index contributed by atoms with van der Waals surface area (Å²) in [4.78, 5) is 29.3. The van der Waals surface area contributed by atoms with E-state index in [1.165, 1.54) is 16.9 Å². The van der Waals surface area contributed by atoms with Crippen LogP contribution < -0.4 is 5.32 Å². The van der Waals surface area contributed by atoms with Gasteiger partial charge >= 0.3 is 5.97 Å². The van der Waals surface area contributed by atoms with Crippen LogP contribution in [0.5, 0.6) is 0 Å². The van der Waals surface area contributed by atoms with Gasteiger partial charge in [-0.2, -0.15) is 0 Å². The number of ether oxygens (including phenoxy) is 1. The maximum Gasteiger partial charge on any atom is 0.341 e. The maximum atomic E-state index is 13.0. The zero-order chi connectivity index (χ0) is 22.7. The van der Waals surface area contributed by atoms with E-state index < -0.39 is 0 Å². The highest BCUT2D eigenvalue weighted by Gasteiger charge is 2.30. The number of nitrogens with one attached hydrogen (secondary N) is 1. The molecule has 1 aliphatic heterocycles. The Hall–Kier alpha value is -2.96. The summed E-state index contributed by atoms with van der Waals surface area (Å²) in [5.41, 5.74) is 5.42. The molecule has 0 unspecified atom stereocenters. The lowest BCUT2D eigenvalue weighted by molar-refractivity contribution is 0.0526. The molecular formula is C26H28N2O3S. The number of thiophene rings is 1. The molecule has 0 radical (unpaired) electrons. The monoisotopic (exact) mass is 448 g/mol. The summed E-state index contributed by atoms with van der Waals surface area (Å²) in [5, 5.41) is 3.59. The van der Waals surface area contributed by atoms with Gasteiger partial charge in [0.05, 0.1) is 12.2 Å². The Kier molecular flexibility index (Phi) is 6.72. The SMILES string of the molecule is CCOC(=O)c1c(NC(=O)c2ccc(C)cc2C)sc2c1CCN(Cc1ccccc1)C2. The van der Waals surface area contributed by atoms with Crippen LogP contribution in [-0.2, 0) is 24.2 Å². The molecule has 1 aliphatic rings. The fourth-order valence-electron chi connectivity index (χ4n) is 4.18. The molecule has 0 saturated carbocycles. The quantitative estimate of drug-likeness (QED) is 0.516. The van der Waals surface area contributed by atoms with Gasteiger partial charge in [-0.25, -0.2) is 4.79 Å². The maximum absolute atomic E-state index is 13.0. The van der Waals surface area contributed by atoms with Gasteiger partial charge in [0.2, 0.25) is 0 Å². The van der Waals surface area contributed by atoms with Crippen LogP contribution in [0.4, 0.5) is 5.00 Å². The van der Waals surface area contributed by atoms with Crippen molar-refractivity contribution in [3.05, 3.63) is 86.8 Å². The van der Waals surface area contributed by atoms with Gasteiger partial charge in [0.15, 0.2) is 0 Å². The van der Waals surface area contributed by atoms with Crippen molar-refractivity contribution in [2.24, 2.45) is 0 Å². The standard InChI is InChI=1S/C26H28N2O3S/c1-4-31-26(30)23-21-12-13-28(15-19-8-6-5-7-9-19)16-22(21)32-25(23)27-24(29)20-11-10-17(2)14-18(20)3/h5-11,14H,4,12-13,15-16H2,1-3H3,(H,27,29). The molecule has 0 aliphatic carbocycles. The highest BCUT2D eigenvalue weighted by atomic mass is 32.1. The summed E-state index contributed by atoms with van der Waals surface area (Å²) < 4.78 is 5.35. The van der Waals surface area contributed by atoms with Crippen LogP contribution in [0.1, 0.15) is 54.8 Å². The number of carbonyl (C=O) groups excluding carboxylic acids is 2. The van der Waals surface area contributed by atoms with Gasteiger partial charge in [-0.3, -0.25) is 9.69 Å². The number of benzene rings is 2. The van der Waals surface area contributed by atoms with E-state index in [1.54, 1.807) is 6.92 Å². The Morgan fingerprint density at radius 3 is 2.62 bits per heavy atom. The second-order valence-corrected chi connectivity index (χ2v) is 9.25. The molecule has 0 saturated heterocycles. The van der Waals surface area contributed by atoms with E-state index >= 15 is 0 Å². The number of esters is 1. The van der Waals surface area contributed by atoms with Gasteiger partial charge in [0.1, 0.15) is 5.00 Å². The lowest BCUT2D eigenvalue weighted by atomic mass is 10.0. The minimum Gasteiger partial charge on any atom is -0.462 e. The molecule has 2 aromatic carbocycles. The molecule has 1 N–H and O–H groups in total. The minimum atomic E-state index is -0.363. The summed E-state index contributed by atoms with van der Waals surface area (Å²) >= 11 is 1.49. The summed E-state index contributed by atoms with van der Waals surface area (Å²) in [6.07, 6.45) is 0.756. The Morgan fingerprint density at radius 2 is 1.91 bits per heavy atom. The zero-order valence-electron chi connectivity index (χ0n) is 18.7. The van der Waals surface area contributed by atoms with Crippen LogP contribution in [0.3, 0.4) is 0 Å². The highest BCUT2D eigenvalue weighted by molar-refractivity contribution is 7.17. The largest absolute Gasteiger partial charge is 0.462 e. The molecule has 166 valence electrons. The first-order valence-corrected chi connectivity index (χ1v) is 11.7. The highest BCUT2D eigenvalue weighted by Crippen LogP contribution is 2.38. The van der Waals surface area contributed by atoms with Crippen LogP contribution in [0, 0.1) is 13.8 Å². The Bertz CT molecular complexity index is 1140. The summed E-state index contributed by atoms with van der Waals surface area (Å²) in [6.45, 7) is 8.49. The van der Waals surface area contributed by atoms with Crippen molar-refractivity contribution in [1.29, 1.82) is 0 Å². The number of fused-ring (bicyclic) bond motifs is 1. The molecule has 2 heterocycles. The number of hydrogen-bond acceptors (Lipinski definition) is 5. The van der Waals surface area contributed by atoms with Crippen LogP contribution in [-0.4, -0.2) is 29.9 Å². The lowest BCUT2D eigenvalue weighted by Crippen LogP contribution is -2.29. The van der Waals surface area contributed by atoms with E-state index in [0.29, 0.717) is 22.7 Å². The molecule has 1 aromatic heterocycles. The first kappa shape index (κ1) is 22.2. The summed E-state index contributed by atoms with van der Waals surface area (Å²) in [5.74, 6) is -0.565. The molecular weight excluding hydrogens is 420 g/mol. The second-order valence-electron chi connectivity index (χ2n) is 8.15. The number of carbonyl (C=O) groups is 2. The minimum absolute atomic E-state index is 0.201. The van der Waals surface area contributed by atoms with Crippen molar-refractivity contribution < 1.29 is 14.3 Å². The predicted octanol–water partition coefficient (Wildman–Crippen LogP) is 5.35. The van der Waals surface area contributed by atoms with E-state index in [-0.39, 0.29) is 11.9 Å². The number of nitrogens with zero attached hydrogens (tertiary/aromatic N) is 1. The number of hydrogen-bond donors (Lipinski definition) is 1. The van der Waals surface area contributed by atoms with Gasteiger partial charge < -0.3 is 10.1 Å². The van der Waals surface area contributed by atoms with Gasteiger partial charge in [-0.15, -0.1) is 11.3 Å². The molecule has 3 aromatic rings. The van der Waals surface area contributed by atoms with E-state index in [2.05, 4.69) is 34.5 Å². The summed E-state index contributed by atoms with van der Waals surface area (Å²) in [7, 11) is 0. The van der Waals surface area contributed by atoms with Gasteiger partial charge in [0.25, 0.3) is 5.91 Å². The number of aryl methyl sites for hydroxylation is 2. The molecule has 0 bridgehead atoms. The van der Waals surface area contributed by atoms with Gasteiger partial charge in [-0.1, -0.05) is 48.0 Å². The molecule has 6 heteroatoms. The van der Waals surface area contributed by atoms with Crippen LogP contribution in [0.2, 0.25) is 0 Å². The molecule has 4 rings (SSSR count). The van der Waals surface area contributed by atoms with Crippen molar-refractivity contribution in [1.82, 2.24) is 4.90 Å². The average molecular weight is 449 g/mol. The average Bonchev–Trinajstić information content (AvgIpc) is 3.11. The molecule has 1 amide bonds. The smallest absolute Gasteiger partial charge is 0.341 e. The lowest BCUT2D eigenvalue weighted by Gasteiger charge is -2.27. The fraction of sp³-hybridized carbons (Fsp3) is 0.308. The number of amides is 1. The van der Waals surface area contributed by atoms with Crippen molar-refractivity contribution in [2.75, 3.05) is 18.5 Å². The van der Waals surface area contributed by atoms with Crippen LogP contribution >= 0.6 is 11.3 Å². The summed E-state index contributed by atoms with van der Waals surface area (Å²) in [6, 6.07) is 16.1. The van der Waals surface area contributed by atoms with Gasteiger partial charge in [-0.05, 0) is 49.9 Å². The molecule has 32 heavy (non-hydrogen) atoms. The first-order chi connectivity index (χ1) is 15.5.